The molecule has 0 amide bonds. The zero-order valence-electron chi connectivity index (χ0n) is 9.17. The maximum absolute atomic E-state index is 2.31. The van der Waals surface area contributed by atoms with Crippen molar-refractivity contribution < 1.29 is 0 Å². The quantitative estimate of drug-likeness (QED) is 0.649. The molecule has 72 valence electrons. The van der Waals surface area contributed by atoms with Gasteiger partial charge in [0.2, 0.25) is 0 Å². The van der Waals surface area contributed by atoms with Crippen LogP contribution in [0.3, 0.4) is 0 Å². The zero-order chi connectivity index (χ0) is 9.84. The highest BCUT2D eigenvalue weighted by Crippen LogP contribution is 2.22. The molecule has 0 unspecified atom stereocenters. The first-order chi connectivity index (χ1) is 6.09. The van der Waals surface area contributed by atoms with Gasteiger partial charge in [0.05, 0.1) is 0 Å². The van der Waals surface area contributed by atoms with Gasteiger partial charge in [-0.05, 0) is 30.7 Å². The third kappa shape index (κ3) is 3.22. The highest BCUT2D eigenvalue weighted by Gasteiger charge is 2.06. The summed E-state index contributed by atoms with van der Waals surface area (Å²) in [6.07, 6.45) is 1.28. The smallest absolute Gasteiger partial charge is 0.0188 e. The van der Waals surface area contributed by atoms with E-state index in [4.69, 9.17) is 0 Å². The number of benzene rings is 1. The van der Waals surface area contributed by atoms with Gasteiger partial charge in [0.25, 0.3) is 0 Å². The average Bonchev–Trinajstić information content (AvgIpc) is 2.04. The summed E-state index contributed by atoms with van der Waals surface area (Å²) < 4.78 is 0. The number of hydrogen-bond acceptors (Lipinski definition) is 0. The van der Waals surface area contributed by atoms with Crippen LogP contribution in [-0.2, 0) is 0 Å². The van der Waals surface area contributed by atoms with E-state index in [-0.39, 0.29) is 0 Å². The lowest BCUT2D eigenvalue weighted by Crippen LogP contribution is -1.98. The van der Waals surface area contributed by atoms with Gasteiger partial charge < -0.3 is 0 Å². The van der Waals surface area contributed by atoms with E-state index in [1.165, 1.54) is 17.5 Å². The van der Waals surface area contributed by atoms with Crippen molar-refractivity contribution in [3.05, 3.63) is 35.4 Å². The Morgan fingerprint density at radius 2 is 1.54 bits per heavy atom. The highest BCUT2D eigenvalue weighted by atomic mass is 14.1. The van der Waals surface area contributed by atoms with Gasteiger partial charge in [-0.2, -0.15) is 0 Å². The minimum Gasteiger partial charge on any atom is -0.0628 e. The molecule has 1 rings (SSSR count). The van der Waals surface area contributed by atoms with Gasteiger partial charge in [-0.25, -0.2) is 0 Å². The molecule has 0 heteroatoms. The molecule has 1 atom stereocenters. The van der Waals surface area contributed by atoms with Gasteiger partial charge in [-0.3, -0.25) is 0 Å². The van der Waals surface area contributed by atoms with E-state index < -0.39 is 0 Å². The van der Waals surface area contributed by atoms with Crippen LogP contribution in [0.5, 0.6) is 0 Å². The van der Waals surface area contributed by atoms with E-state index in [1.54, 1.807) is 0 Å². The fourth-order valence-corrected chi connectivity index (χ4v) is 1.74. The molecule has 0 fully saturated rings. The van der Waals surface area contributed by atoms with Crippen molar-refractivity contribution >= 4 is 0 Å². The van der Waals surface area contributed by atoms with Gasteiger partial charge in [0.15, 0.2) is 0 Å². The summed E-state index contributed by atoms with van der Waals surface area (Å²) in [4.78, 5) is 0. The Morgan fingerprint density at radius 3 is 2.00 bits per heavy atom. The molecule has 1 aromatic carbocycles. The maximum Gasteiger partial charge on any atom is -0.0188 e. The lowest BCUT2D eigenvalue weighted by Gasteiger charge is -2.14. The molecule has 0 aliphatic rings. The summed E-state index contributed by atoms with van der Waals surface area (Å²) >= 11 is 0. The predicted molar refractivity (Wildman–Crippen MR) is 59.0 cm³/mol. The Kier molecular flexibility index (Phi) is 3.53. The molecule has 0 N–H and O–H groups in total. The van der Waals surface area contributed by atoms with Crippen LogP contribution < -0.4 is 0 Å². The van der Waals surface area contributed by atoms with Crippen LogP contribution in [-0.4, -0.2) is 0 Å². The average molecular weight is 176 g/mol. The Morgan fingerprint density at radius 1 is 1.00 bits per heavy atom. The minimum atomic E-state index is 0.695. The fraction of sp³-hybridized carbons (Fsp3) is 0.538. The second-order valence-electron chi connectivity index (χ2n) is 4.44. The molecule has 0 nitrogen and oxygen atoms in total. The molecule has 0 aliphatic heterocycles. The standard InChI is InChI=1S/C13H20/c1-10(2)9-12(4)13-7-5-11(3)6-8-13/h5-8,10,12H,9H2,1-4H3/t12-/m0/s1. The molecule has 13 heavy (non-hydrogen) atoms. The lowest BCUT2D eigenvalue weighted by molar-refractivity contribution is 0.523. The van der Waals surface area contributed by atoms with Crippen LogP contribution in [0, 0.1) is 12.8 Å². The van der Waals surface area contributed by atoms with Crippen molar-refractivity contribution in [2.45, 2.75) is 40.0 Å². The van der Waals surface area contributed by atoms with Crippen molar-refractivity contribution in [3.8, 4) is 0 Å². The number of hydrogen-bond donors (Lipinski definition) is 0. The first-order valence-electron chi connectivity index (χ1n) is 5.16. The molecule has 0 radical (unpaired) electrons. The summed E-state index contributed by atoms with van der Waals surface area (Å²) in [5.74, 6) is 1.48. The van der Waals surface area contributed by atoms with Crippen molar-refractivity contribution in [1.82, 2.24) is 0 Å². The highest BCUT2D eigenvalue weighted by molar-refractivity contribution is 5.23. The van der Waals surface area contributed by atoms with Gasteiger partial charge >= 0.3 is 0 Å². The Hall–Kier alpha value is -0.780. The molecule has 0 aromatic heterocycles. The normalized spacial score (nSPS) is 13.3. The Labute approximate surface area is 82.0 Å². The van der Waals surface area contributed by atoms with Crippen molar-refractivity contribution in [1.29, 1.82) is 0 Å². The van der Waals surface area contributed by atoms with Crippen LogP contribution in [0.15, 0.2) is 24.3 Å². The zero-order valence-corrected chi connectivity index (χ0v) is 9.17. The second-order valence-corrected chi connectivity index (χ2v) is 4.44. The first kappa shape index (κ1) is 10.3. The second kappa shape index (κ2) is 4.45. The van der Waals surface area contributed by atoms with Crippen LogP contribution in [0.25, 0.3) is 0 Å². The third-order valence-electron chi connectivity index (χ3n) is 2.47. The van der Waals surface area contributed by atoms with Gasteiger partial charge in [-0.1, -0.05) is 50.6 Å². The van der Waals surface area contributed by atoms with E-state index in [9.17, 15) is 0 Å². The van der Waals surface area contributed by atoms with Crippen molar-refractivity contribution in [3.63, 3.8) is 0 Å². The van der Waals surface area contributed by atoms with Crippen LogP contribution in [0.2, 0.25) is 0 Å². The molecule has 0 spiro atoms. The van der Waals surface area contributed by atoms with E-state index >= 15 is 0 Å². The molecule has 0 bridgehead atoms. The monoisotopic (exact) mass is 176 g/mol. The van der Waals surface area contributed by atoms with E-state index in [0.717, 1.165) is 5.92 Å². The van der Waals surface area contributed by atoms with Gasteiger partial charge in [0.1, 0.15) is 0 Å². The minimum absolute atomic E-state index is 0.695. The number of rotatable bonds is 3. The Bertz CT molecular complexity index is 243. The SMILES string of the molecule is Cc1ccc([C@@H](C)CC(C)C)cc1. The summed E-state index contributed by atoms with van der Waals surface area (Å²) in [7, 11) is 0. The van der Waals surface area contributed by atoms with E-state index in [1.807, 2.05) is 0 Å². The van der Waals surface area contributed by atoms with E-state index in [0.29, 0.717) is 5.92 Å². The van der Waals surface area contributed by atoms with Crippen LogP contribution in [0.1, 0.15) is 44.2 Å². The third-order valence-corrected chi connectivity index (χ3v) is 2.47. The first-order valence-corrected chi connectivity index (χ1v) is 5.16. The summed E-state index contributed by atoms with van der Waals surface area (Å²) in [5, 5.41) is 0. The van der Waals surface area contributed by atoms with Crippen LogP contribution in [0.4, 0.5) is 0 Å². The summed E-state index contributed by atoms with van der Waals surface area (Å²) in [5.41, 5.74) is 2.82. The molecule has 0 saturated carbocycles. The molecule has 0 saturated heterocycles. The molecular weight excluding hydrogens is 156 g/mol. The Balaban J connectivity index is 2.66. The largest absolute Gasteiger partial charge is 0.0628 e. The molecule has 0 aliphatic carbocycles. The van der Waals surface area contributed by atoms with E-state index in [2.05, 4.69) is 52.0 Å². The summed E-state index contributed by atoms with van der Waals surface area (Å²) in [6.45, 7) is 9.01. The number of aryl methyl sites for hydroxylation is 1. The maximum atomic E-state index is 2.31. The summed E-state index contributed by atoms with van der Waals surface area (Å²) in [6, 6.07) is 8.91. The molecule has 1 aromatic rings. The molecular formula is C13H20. The fourth-order valence-electron chi connectivity index (χ4n) is 1.74. The van der Waals surface area contributed by atoms with Gasteiger partial charge in [-0.15, -0.1) is 0 Å². The lowest BCUT2D eigenvalue weighted by atomic mass is 9.92. The van der Waals surface area contributed by atoms with Crippen molar-refractivity contribution in [2.24, 2.45) is 5.92 Å². The van der Waals surface area contributed by atoms with Crippen LogP contribution >= 0.6 is 0 Å². The topological polar surface area (TPSA) is 0 Å². The molecule has 0 heterocycles. The van der Waals surface area contributed by atoms with Gasteiger partial charge in [0, 0.05) is 0 Å². The van der Waals surface area contributed by atoms with Crippen molar-refractivity contribution in [2.75, 3.05) is 0 Å². The predicted octanol–water partition coefficient (Wildman–Crippen LogP) is 4.14.